The summed E-state index contributed by atoms with van der Waals surface area (Å²) in [6.45, 7) is 5.49. The van der Waals surface area contributed by atoms with Gasteiger partial charge in [-0.2, -0.15) is 13.2 Å². The van der Waals surface area contributed by atoms with Gasteiger partial charge in [-0.1, -0.05) is 0 Å². The molecule has 0 N–H and O–H groups in total. The summed E-state index contributed by atoms with van der Waals surface area (Å²) in [7, 11) is 0. The predicted octanol–water partition coefficient (Wildman–Crippen LogP) is 3.82. The van der Waals surface area contributed by atoms with Gasteiger partial charge in [0, 0.05) is 24.2 Å². The van der Waals surface area contributed by atoms with E-state index < -0.39 is 11.7 Å². The normalized spacial score (nSPS) is 18.6. The van der Waals surface area contributed by atoms with Crippen molar-refractivity contribution in [1.82, 2.24) is 0 Å². The summed E-state index contributed by atoms with van der Waals surface area (Å²) in [5.41, 5.74) is 0.877. The maximum atomic E-state index is 12.8. The number of rotatable bonds is 3. The van der Waals surface area contributed by atoms with Gasteiger partial charge < -0.3 is 4.90 Å². The third-order valence-electron chi connectivity index (χ3n) is 3.61. The van der Waals surface area contributed by atoms with Gasteiger partial charge in [0.2, 0.25) is 0 Å². The molecule has 0 aromatic heterocycles. The molecule has 1 aromatic rings. The zero-order chi connectivity index (χ0) is 15.1. The number of hydrogen-bond acceptors (Lipinski definition) is 2. The Bertz CT molecular complexity index is 522. The molecule has 1 heterocycles. The minimum absolute atomic E-state index is 0.0361. The number of alkyl halides is 3. The summed E-state index contributed by atoms with van der Waals surface area (Å²) in [5.74, 6) is 0.0597. The standard InChI is InChI=1S/C15H18F3NO/c1-9(2)19-13(6-10(3)20)8-11-7-12(15(16,17)18)4-5-14(11)19/h4-5,7,9,13H,6,8H2,1-3H3. The van der Waals surface area contributed by atoms with Crippen LogP contribution >= 0.6 is 0 Å². The number of benzene rings is 1. The van der Waals surface area contributed by atoms with Crippen LogP contribution in [0.5, 0.6) is 0 Å². The molecule has 0 spiro atoms. The topological polar surface area (TPSA) is 20.3 Å². The van der Waals surface area contributed by atoms with E-state index in [9.17, 15) is 18.0 Å². The maximum absolute atomic E-state index is 12.8. The van der Waals surface area contributed by atoms with Crippen LogP contribution in [-0.2, 0) is 17.4 Å². The van der Waals surface area contributed by atoms with Crippen LogP contribution < -0.4 is 4.90 Å². The smallest absolute Gasteiger partial charge is 0.365 e. The van der Waals surface area contributed by atoms with E-state index in [1.807, 2.05) is 13.8 Å². The fourth-order valence-corrected chi connectivity index (χ4v) is 2.93. The fraction of sp³-hybridized carbons (Fsp3) is 0.533. The van der Waals surface area contributed by atoms with Crippen LogP contribution in [0.1, 0.15) is 38.3 Å². The Kier molecular flexibility index (Phi) is 3.80. The Hall–Kier alpha value is -1.52. The summed E-state index contributed by atoms with van der Waals surface area (Å²) >= 11 is 0. The molecular formula is C15H18F3NO. The second-order valence-corrected chi connectivity index (χ2v) is 5.61. The van der Waals surface area contributed by atoms with Crippen molar-refractivity contribution in [3.63, 3.8) is 0 Å². The number of fused-ring (bicyclic) bond motifs is 1. The fourth-order valence-electron chi connectivity index (χ4n) is 2.93. The largest absolute Gasteiger partial charge is 0.416 e. The van der Waals surface area contributed by atoms with Gasteiger partial charge in [-0.15, -0.1) is 0 Å². The van der Waals surface area contributed by atoms with E-state index >= 15 is 0 Å². The van der Waals surface area contributed by atoms with E-state index in [1.54, 1.807) is 0 Å². The first kappa shape index (κ1) is 14.9. The van der Waals surface area contributed by atoms with Crippen molar-refractivity contribution in [1.29, 1.82) is 0 Å². The zero-order valence-corrected chi connectivity index (χ0v) is 11.8. The van der Waals surface area contributed by atoms with E-state index in [4.69, 9.17) is 0 Å². The molecule has 1 unspecified atom stereocenters. The minimum atomic E-state index is -4.32. The van der Waals surface area contributed by atoms with Gasteiger partial charge in [-0.05, 0) is 51.0 Å². The van der Waals surface area contributed by atoms with Gasteiger partial charge in [0.15, 0.2) is 0 Å². The second kappa shape index (κ2) is 5.11. The van der Waals surface area contributed by atoms with Crippen LogP contribution in [0.4, 0.5) is 18.9 Å². The first-order valence-corrected chi connectivity index (χ1v) is 6.68. The molecule has 1 atom stereocenters. The number of halogens is 3. The van der Waals surface area contributed by atoms with Crippen molar-refractivity contribution in [3.05, 3.63) is 29.3 Å². The SMILES string of the molecule is CC(=O)CC1Cc2cc(C(F)(F)F)ccc2N1C(C)C. The van der Waals surface area contributed by atoms with Gasteiger partial charge in [-0.3, -0.25) is 4.79 Å². The van der Waals surface area contributed by atoms with E-state index in [1.165, 1.54) is 19.1 Å². The number of carbonyl (C=O) groups is 1. The number of carbonyl (C=O) groups excluding carboxylic acids is 1. The second-order valence-electron chi connectivity index (χ2n) is 5.61. The third-order valence-corrected chi connectivity index (χ3v) is 3.61. The predicted molar refractivity (Wildman–Crippen MR) is 71.8 cm³/mol. The highest BCUT2D eigenvalue weighted by atomic mass is 19.4. The maximum Gasteiger partial charge on any atom is 0.416 e. The molecule has 20 heavy (non-hydrogen) atoms. The van der Waals surface area contributed by atoms with Crippen LogP contribution in [0.3, 0.4) is 0 Å². The Morgan fingerprint density at radius 1 is 1.40 bits per heavy atom. The van der Waals surface area contributed by atoms with Crippen molar-refractivity contribution in [2.75, 3.05) is 4.90 Å². The first-order valence-electron chi connectivity index (χ1n) is 6.68. The van der Waals surface area contributed by atoms with E-state index in [0.717, 1.165) is 11.8 Å². The monoisotopic (exact) mass is 285 g/mol. The van der Waals surface area contributed by atoms with E-state index in [-0.39, 0.29) is 17.9 Å². The number of hydrogen-bond donors (Lipinski definition) is 0. The number of nitrogens with zero attached hydrogens (tertiary/aromatic N) is 1. The van der Waals surface area contributed by atoms with Crippen LogP contribution in [0.15, 0.2) is 18.2 Å². The van der Waals surface area contributed by atoms with Crippen molar-refractivity contribution < 1.29 is 18.0 Å². The molecule has 2 nitrogen and oxygen atoms in total. The Morgan fingerprint density at radius 3 is 2.55 bits per heavy atom. The molecule has 0 saturated carbocycles. The first-order chi connectivity index (χ1) is 9.20. The lowest BCUT2D eigenvalue weighted by Crippen LogP contribution is -2.38. The molecule has 0 amide bonds. The summed E-state index contributed by atoms with van der Waals surface area (Å²) < 4.78 is 38.3. The zero-order valence-electron chi connectivity index (χ0n) is 11.8. The van der Waals surface area contributed by atoms with Crippen LogP contribution in [0.25, 0.3) is 0 Å². The molecule has 0 fully saturated rings. The molecule has 0 radical (unpaired) electrons. The lowest BCUT2D eigenvalue weighted by Gasteiger charge is -2.31. The molecule has 2 rings (SSSR count). The third kappa shape index (κ3) is 2.81. The molecule has 1 aromatic carbocycles. The Balaban J connectivity index is 2.38. The summed E-state index contributed by atoms with van der Waals surface area (Å²) in [4.78, 5) is 13.4. The number of ketones is 1. The Morgan fingerprint density at radius 2 is 2.05 bits per heavy atom. The van der Waals surface area contributed by atoms with Crippen molar-refractivity contribution in [3.8, 4) is 0 Å². The van der Waals surface area contributed by atoms with E-state index in [0.29, 0.717) is 18.4 Å². The quantitative estimate of drug-likeness (QED) is 0.841. The highest BCUT2D eigenvalue weighted by Crippen LogP contribution is 2.39. The van der Waals surface area contributed by atoms with Gasteiger partial charge in [0.05, 0.1) is 5.56 Å². The minimum Gasteiger partial charge on any atom is -0.365 e. The Labute approximate surface area is 116 Å². The van der Waals surface area contributed by atoms with Gasteiger partial charge in [0.1, 0.15) is 5.78 Å². The lowest BCUT2D eigenvalue weighted by molar-refractivity contribution is -0.137. The van der Waals surface area contributed by atoms with Gasteiger partial charge in [-0.25, -0.2) is 0 Å². The number of anilines is 1. The van der Waals surface area contributed by atoms with Gasteiger partial charge in [0.25, 0.3) is 0 Å². The van der Waals surface area contributed by atoms with Crippen LogP contribution in [0.2, 0.25) is 0 Å². The summed E-state index contributed by atoms with van der Waals surface area (Å²) in [5, 5.41) is 0. The average Bonchev–Trinajstić information content (AvgIpc) is 2.63. The molecule has 0 aliphatic carbocycles. The van der Waals surface area contributed by atoms with Crippen molar-refractivity contribution in [2.24, 2.45) is 0 Å². The summed E-state index contributed by atoms with van der Waals surface area (Å²) in [6.07, 6.45) is -3.46. The molecule has 1 aliphatic rings. The molecule has 0 saturated heterocycles. The summed E-state index contributed by atoms with van der Waals surface area (Å²) in [6, 6.07) is 3.97. The van der Waals surface area contributed by atoms with Crippen molar-refractivity contribution >= 4 is 11.5 Å². The van der Waals surface area contributed by atoms with Gasteiger partial charge >= 0.3 is 6.18 Å². The molecular weight excluding hydrogens is 267 g/mol. The highest BCUT2D eigenvalue weighted by molar-refractivity contribution is 5.78. The van der Waals surface area contributed by atoms with Crippen LogP contribution in [0, 0.1) is 0 Å². The van der Waals surface area contributed by atoms with Crippen LogP contribution in [-0.4, -0.2) is 17.9 Å². The highest BCUT2D eigenvalue weighted by Gasteiger charge is 2.36. The molecule has 5 heteroatoms. The lowest BCUT2D eigenvalue weighted by atomic mass is 10.0. The number of Topliss-reactive ketones (excluding diaryl/α,β-unsaturated/α-hetero) is 1. The molecule has 110 valence electrons. The van der Waals surface area contributed by atoms with E-state index in [2.05, 4.69) is 4.90 Å². The van der Waals surface area contributed by atoms with Crippen molar-refractivity contribution in [2.45, 2.75) is 51.9 Å². The molecule has 0 bridgehead atoms. The average molecular weight is 285 g/mol. The molecule has 1 aliphatic heterocycles.